The highest BCUT2D eigenvalue weighted by Crippen LogP contribution is 2.13. The normalized spacial score (nSPS) is 13.2. The molecule has 0 bridgehead atoms. The Hall–Kier alpha value is -1.89. The first kappa shape index (κ1) is 18.2. The molecule has 22 heavy (non-hydrogen) atoms. The molecule has 1 rings (SSSR count). The van der Waals surface area contributed by atoms with Crippen LogP contribution >= 0.6 is 0 Å². The van der Waals surface area contributed by atoms with Crippen molar-refractivity contribution >= 4 is 22.9 Å². The summed E-state index contributed by atoms with van der Waals surface area (Å²) in [5, 5.41) is 9.41. The van der Waals surface area contributed by atoms with E-state index in [4.69, 9.17) is 4.74 Å². The smallest absolute Gasteiger partial charge is 0.408 e. The number of carbonyl (C=O) groups excluding carboxylic acids is 1. The maximum atomic E-state index is 11.9. The van der Waals surface area contributed by atoms with E-state index >= 15 is 0 Å². The van der Waals surface area contributed by atoms with E-state index in [1.807, 2.05) is 6.07 Å². The van der Waals surface area contributed by atoms with Crippen LogP contribution in [0.5, 0.6) is 0 Å². The molecule has 1 unspecified atom stereocenters. The highest BCUT2D eigenvalue weighted by Gasteiger charge is 2.30. The first-order chi connectivity index (χ1) is 10.5. The molecule has 0 saturated heterocycles. The molecule has 1 aromatic rings. The van der Waals surface area contributed by atoms with Crippen LogP contribution in [-0.2, 0) is 26.9 Å². The highest BCUT2D eigenvalue weighted by atomic mass is 32.2. The van der Waals surface area contributed by atoms with Gasteiger partial charge in [0, 0.05) is 28.9 Å². The number of nitrogens with zero attached hydrogens (tertiary/aromatic N) is 1. The molecule has 0 aromatic heterocycles. The zero-order chi connectivity index (χ0) is 16.5. The van der Waals surface area contributed by atoms with Gasteiger partial charge in [0.2, 0.25) is 0 Å². The van der Waals surface area contributed by atoms with Gasteiger partial charge >= 0.3 is 12.1 Å². The lowest BCUT2D eigenvalue weighted by molar-refractivity contribution is -0.146. The van der Waals surface area contributed by atoms with E-state index in [1.54, 1.807) is 31.2 Å². The molecule has 122 valence electrons. The molecule has 6 nitrogen and oxygen atoms in total. The molecule has 0 aliphatic heterocycles. The number of benzene rings is 1. The molecule has 2 atom stereocenters. The summed E-state index contributed by atoms with van der Waals surface area (Å²) >= 11 is 0. The van der Waals surface area contributed by atoms with Crippen LogP contribution in [0.4, 0.5) is 4.79 Å². The predicted octanol–water partition coefficient (Wildman–Crippen LogP) is 1.87. The second kappa shape index (κ2) is 9.19. The zero-order valence-corrected chi connectivity index (χ0v) is 13.5. The summed E-state index contributed by atoms with van der Waals surface area (Å²) in [6, 6.07) is 8.04. The van der Waals surface area contributed by atoms with E-state index in [9.17, 15) is 18.9 Å². The highest BCUT2D eigenvalue weighted by molar-refractivity contribution is 7.84. The van der Waals surface area contributed by atoms with Crippen molar-refractivity contribution in [1.29, 1.82) is 0 Å². The SMILES string of the molecule is CC[S@](=O)CCC(C(=O)OC)N(Cc1ccccc1)C(=O)O. The van der Waals surface area contributed by atoms with Gasteiger partial charge in [-0.05, 0) is 12.0 Å². The van der Waals surface area contributed by atoms with Crippen LogP contribution in [0.2, 0.25) is 0 Å². The summed E-state index contributed by atoms with van der Waals surface area (Å²) in [6.07, 6.45) is -1.03. The molecule has 0 saturated carbocycles. The van der Waals surface area contributed by atoms with Crippen molar-refractivity contribution in [2.45, 2.75) is 25.9 Å². The van der Waals surface area contributed by atoms with Crippen LogP contribution < -0.4 is 0 Å². The van der Waals surface area contributed by atoms with Crippen LogP contribution in [0, 0.1) is 0 Å². The molecule has 0 heterocycles. The number of rotatable bonds is 8. The Morgan fingerprint density at radius 2 is 1.95 bits per heavy atom. The molecule has 0 spiro atoms. The largest absolute Gasteiger partial charge is 0.467 e. The van der Waals surface area contributed by atoms with Gasteiger partial charge < -0.3 is 9.84 Å². The monoisotopic (exact) mass is 327 g/mol. The van der Waals surface area contributed by atoms with Crippen molar-refractivity contribution in [3.05, 3.63) is 35.9 Å². The number of amides is 1. The number of carbonyl (C=O) groups is 2. The van der Waals surface area contributed by atoms with Crippen molar-refractivity contribution in [2.75, 3.05) is 18.6 Å². The minimum absolute atomic E-state index is 0.0781. The summed E-state index contributed by atoms with van der Waals surface area (Å²) in [4.78, 5) is 24.5. The summed E-state index contributed by atoms with van der Waals surface area (Å²) in [6.45, 7) is 1.86. The standard InChI is InChI=1S/C15H21NO5S/c1-3-22(20)10-9-13(14(17)21-2)16(15(18)19)11-12-7-5-4-6-8-12/h4-8,13H,3,9-11H2,1-2H3,(H,18,19)/t13?,22-/m0/s1. The number of methoxy groups -OCH3 is 1. The van der Waals surface area contributed by atoms with Gasteiger partial charge in [0.15, 0.2) is 0 Å². The zero-order valence-electron chi connectivity index (χ0n) is 12.7. The summed E-state index contributed by atoms with van der Waals surface area (Å²) < 4.78 is 16.3. The third-order valence-corrected chi connectivity index (χ3v) is 4.57. The lowest BCUT2D eigenvalue weighted by Crippen LogP contribution is -2.45. The molecule has 0 fully saturated rings. The number of esters is 1. The number of hydrogen-bond acceptors (Lipinski definition) is 4. The fourth-order valence-corrected chi connectivity index (χ4v) is 2.79. The van der Waals surface area contributed by atoms with E-state index in [0.29, 0.717) is 5.75 Å². The molecule has 0 aliphatic carbocycles. The predicted molar refractivity (Wildman–Crippen MR) is 84.0 cm³/mol. The van der Waals surface area contributed by atoms with Gasteiger partial charge in [-0.15, -0.1) is 0 Å². The van der Waals surface area contributed by atoms with E-state index in [-0.39, 0.29) is 18.7 Å². The Labute approximate surface area is 132 Å². The second-order valence-corrected chi connectivity index (χ2v) is 6.52. The lowest BCUT2D eigenvalue weighted by atomic mass is 10.1. The molecule has 1 amide bonds. The molecule has 1 N–H and O–H groups in total. The topological polar surface area (TPSA) is 83.9 Å². The molecule has 7 heteroatoms. The van der Waals surface area contributed by atoms with E-state index < -0.39 is 28.9 Å². The van der Waals surface area contributed by atoms with Crippen LogP contribution in [0.3, 0.4) is 0 Å². The van der Waals surface area contributed by atoms with Gasteiger partial charge in [-0.3, -0.25) is 9.11 Å². The molecule has 1 aromatic carbocycles. The average Bonchev–Trinajstić information content (AvgIpc) is 2.53. The Bertz CT molecular complexity index is 520. The Balaban J connectivity index is 2.91. The maximum Gasteiger partial charge on any atom is 0.408 e. The van der Waals surface area contributed by atoms with Crippen LogP contribution in [0.15, 0.2) is 30.3 Å². The van der Waals surface area contributed by atoms with Gasteiger partial charge in [0.25, 0.3) is 0 Å². The van der Waals surface area contributed by atoms with Crippen LogP contribution in [-0.4, -0.2) is 50.9 Å². The van der Waals surface area contributed by atoms with Gasteiger partial charge in [-0.25, -0.2) is 9.59 Å². The van der Waals surface area contributed by atoms with Crippen LogP contribution in [0.1, 0.15) is 18.9 Å². The Kier molecular flexibility index (Phi) is 7.59. The van der Waals surface area contributed by atoms with E-state index in [2.05, 4.69) is 0 Å². The van der Waals surface area contributed by atoms with Crippen LogP contribution in [0.25, 0.3) is 0 Å². The fourth-order valence-electron chi connectivity index (χ4n) is 2.02. The molecule has 0 aliphatic rings. The summed E-state index contributed by atoms with van der Waals surface area (Å²) in [5.41, 5.74) is 0.774. The molecular weight excluding hydrogens is 306 g/mol. The number of carboxylic acid groups (broad SMARTS) is 1. The third-order valence-electron chi connectivity index (χ3n) is 3.23. The van der Waals surface area contributed by atoms with E-state index in [1.165, 1.54) is 7.11 Å². The summed E-state index contributed by atoms with van der Waals surface area (Å²) in [7, 11) is 0.147. The average molecular weight is 327 g/mol. The Morgan fingerprint density at radius 1 is 1.32 bits per heavy atom. The Morgan fingerprint density at radius 3 is 2.45 bits per heavy atom. The van der Waals surface area contributed by atoms with Crippen molar-refractivity contribution in [1.82, 2.24) is 4.90 Å². The van der Waals surface area contributed by atoms with E-state index in [0.717, 1.165) is 10.5 Å². The first-order valence-corrected chi connectivity index (χ1v) is 8.44. The minimum Gasteiger partial charge on any atom is -0.467 e. The van der Waals surface area contributed by atoms with Crippen molar-refractivity contribution < 1.29 is 23.6 Å². The summed E-state index contributed by atoms with van der Waals surface area (Å²) in [5.74, 6) is 0.0977. The van der Waals surface area contributed by atoms with Gasteiger partial charge in [0.1, 0.15) is 6.04 Å². The van der Waals surface area contributed by atoms with Gasteiger partial charge in [0.05, 0.1) is 7.11 Å². The van der Waals surface area contributed by atoms with Crippen molar-refractivity contribution in [2.24, 2.45) is 0 Å². The van der Waals surface area contributed by atoms with Crippen molar-refractivity contribution in [3.63, 3.8) is 0 Å². The maximum absolute atomic E-state index is 11.9. The fraction of sp³-hybridized carbons (Fsp3) is 0.467. The second-order valence-electron chi connectivity index (χ2n) is 4.66. The first-order valence-electron chi connectivity index (χ1n) is 6.95. The lowest BCUT2D eigenvalue weighted by Gasteiger charge is -2.27. The molecule has 0 radical (unpaired) electrons. The minimum atomic E-state index is -1.21. The van der Waals surface area contributed by atoms with Gasteiger partial charge in [-0.1, -0.05) is 37.3 Å². The molecular formula is C15H21NO5S. The quantitative estimate of drug-likeness (QED) is 0.737. The number of ether oxygens (including phenoxy) is 1. The number of hydrogen-bond donors (Lipinski definition) is 1. The van der Waals surface area contributed by atoms with Gasteiger partial charge in [-0.2, -0.15) is 0 Å². The van der Waals surface area contributed by atoms with Crippen molar-refractivity contribution in [3.8, 4) is 0 Å². The third kappa shape index (κ3) is 5.48.